The molecule has 1 fully saturated rings. The predicted octanol–water partition coefficient (Wildman–Crippen LogP) is 0.309. The summed E-state index contributed by atoms with van der Waals surface area (Å²) in [6, 6.07) is 0. The summed E-state index contributed by atoms with van der Waals surface area (Å²) in [4.78, 5) is 4.05. The first-order valence-corrected chi connectivity index (χ1v) is 3.40. The summed E-state index contributed by atoms with van der Waals surface area (Å²) < 4.78 is 5.19. The summed E-state index contributed by atoms with van der Waals surface area (Å²) in [5.74, 6) is 1.40. The minimum absolute atomic E-state index is 0.447. The van der Waals surface area contributed by atoms with Gasteiger partial charge in [0.15, 0.2) is 0 Å². The van der Waals surface area contributed by atoms with E-state index in [1.807, 2.05) is 0 Å². The number of ether oxygens (including phenoxy) is 1. The average molecular weight is 139 g/mol. The Labute approximate surface area is 58.6 Å². The van der Waals surface area contributed by atoms with Crippen LogP contribution in [0.5, 0.6) is 0 Å². The second-order valence-corrected chi connectivity index (χ2v) is 2.43. The zero-order valence-electron chi connectivity index (χ0n) is 5.58. The van der Waals surface area contributed by atoms with Crippen molar-refractivity contribution in [1.82, 2.24) is 15.2 Å². The van der Waals surface area contributed by atoms with Crippen LogP contribution in [0, 0.1) is 0 Å². The minimum Gasteiger partial charge on any atom is -0.381 e. The molecule has 0 aliphatic carbocycles. The fourth-order valence-electron chi connectivity index (χ4n) is 1.16. The molecular formula is C6H9N3O. The number of nitrogens with zero attached hydrogens (tertiary/aromatic N) is 2. The Bertz CT molecular complexity index is 191. The Morgan fingerprint density at radius 3 is 3.30 bits per heavy atom. The highest BCUT2D eigenvalue weighted by molar-refractivity contribution is 4.94. The van der Waals surface area contributed by atoms with Gasteiger partial charge < -0.3 is 4.74 Å². The molecular weight excluding hydrogens is 130 g/mol. The van der Waals surface area contributed by atoms with Crippen molar-refractivity contribution in [2.75, 3.05) is 13.2 Å². The molecule has 4 nitrogen and oxygen atoms in total. The first-order valence-electron chi connectivity index (χ1n) is 3.40. The Kier molecular flexibility index (Phi) is 1.39. The van der Waals surface area contributed by atoms with Crippen molar-refractivity contribution in [2.24, 2.45) is 0 Å². The highest BCUT2D eigenvalue weighted by Crippen LogP contribution is 2.20. The number of aromatic nitrogens is 3. The van der Waals surface area contributed by atoms with Crippen molar-refractivity contribution in [3.05, 3.63) is 12.2 Å². The van der Waals surface area contributed by atoms with Crippen molar-refractivity contribution >= 4 is 0 Å². The van der Waals surface area contributed by atoms with E-state index in [1.165, 1.54) is 6.33 Å². The maximum atomic E-state index is 5.19. The lowest BCUT2D eigenvalue weighted by atomic mass is 10.1. The lowest BCUT2D eigenvalue weighted by Crippen LogP contribution is -1.99. The van der Waals surface area contributed by atoms with Gasteiger partial charge in [-0.2, -0.15) is 5.10 Å². The van der Waals surface area contributed by atoms with Crippen LogP contribution in [0.4, 0.5) is 0 Å². The monoisotopic (exact) mass is 139 g/mol. The lowest BCUT2D eigenvalue weighted by molar-refractivity contribution is 0.193. The molecule has 1 aromatic rings. The van der Waals surface area contributed by atoms with Crippen molar-refractivity contribution in [1.29, 1.82) is 0 Å². The molecule has 2 rings (SSSR count). The van der Waals surface area contributed by atoms with Crippen LogP contribution in [0.25, 0.3) is 0 Å². The van der Waals surface area contributed by atoms with Crippen LogP contribution in [0.15, 0.2) is 6.33 Å². The zero-order chi connectivity index (χ0) is 6.81. The van der Waals surface area contributed by atoms with E-state index in [4.69, 9.17) is 4.74 Å². The molecule has 1 unspecified atom stereocenters. The van der Waals surface area contributed by atoms with Gasteiger partial charge in [0.05, 0.1) is 6.61 Å². The van der Waals surface area contributed by atoms with Gasteiger partial charge in [0, 0.05) is 12.5 Å². The summed E-state index contributed by atoms with van der Waals surface area (Å²) in [5, 5.41) is 6.61. The van der Waals surface area contributed by atoms with E-state index in [9.17, 15) is 0 Å². The molecule has 0 aromatic carbocycles. The average Bonchev–Trinajstić information content (AvgIpc) is 2.59. The molecule has 0 saturated carbocycles. The van der Waals surface area contributed by atoms with Gasteiger partial charge in [-0.1, -0.05) is 0 Å². The predicted molar refractivity (Wildman–Crippen MR) is 34.6 cm³/mol. The molecule has 0 spiro atoms. The number of rotatable bonds is 1. The molecule has 4 heteroatoms. The molecule has 1 atom stereocenters. The van der Waals surface area contributed by atoms with Gasteiger partial charge in [-0.3, -0.25) is 5.10 Å². The standard InChI is InChI=1S/C6H9N3O/c1-2-10-3-5(1)6-7-4-8-9-6/h4-5H,1-3H2,(H,7,8,9). The second-order valence-electron chi connectivity index (χ2n) is 2.43. The van der Waals surface area contributed by atoms with E-state index in [1.54, 1.807) is 0 Å². The van der Waals surface area contributed by atoms with E-state index < -0.39 is 0 Å². The van der Waals surface area contributed by atoms with Crippen LogP contribution in [0.2, 0.25) is 0 Å². The van der Waals surface area contributed by atoms with Gasteiger partial charge in [-0.05, 0) is 6.42 Å². The third-order valence-corrected chi connectivity index (χ3v) is 1.75. The van der Waals surface area contributed by atoms with Gasteiger partial charge in [0.2, 0.25) is 0 Å². The molecule has 10 heavy (non-hydrogen) atoms. The molecule has 0 bridgehead atoms. The van der Waals surface area contributed by atoms with Crippen LogP contribution in [-0.2, 0) is 4.74 Å². The minimum atomic E-state index is 0.447. The maximum Gasteiger partial charge on any atom is 0.137 e. The van der Waals surface area contributed by atoms with Gasteiger partial charge >= 0.3 is 0 Å². The molecule has 1 N–H and O–H groups in total. The first kappa shape index (κ1) is 5.85. The molecule has 0 amide bonds. The zero-order valence-corrected chi connectivity index (χ0v) is 5.58. The summed E-state index contributed by atoms with van der Waals surface area (Å²) in [6.45, 7) is 1.64. The van der Waals surface area contributed by atoms with Crippen LogP contribution < -0.4 is 0 Å². The van der Waals surface area contributed by atoms with Crippen molar-refractivity contribution < 1.29 is 4.74 Å². The second kappa shape index (κ2) is 2.38. The highest BCUT2D eigenvalue weighted by atomic mass is 16.5. The van der Waals surface area contributed by atoms with Crippen molar-refractivity contribution in [3.8, 4) is 0 Å². The molecule has 0 radical (unpaired) electrons. The number of aromatic amines is 1. The van der Waals surface area contributed by atoms with E-state index in [0.717, 1.165) is 25.5 Å². The Morgan fingerprint density at radius 2 is 2.70 bits per heavy atom. The summed E-state index contributed by atoms with van der Waals surface area (Å²) in [5.41, 5.74) is 0. The van der Waals surface area contributed by atoms with Gasteiger partial charge in [0.1, 0.15) is 12.2 Å². The molecule has 1 saturated heterocycles. The third kappa shape index (κ3) is 0.903. The Morgan fingerprint density at radius 1 is 1.70 bits per heavy atom. The number of H-pyrrole nitrogens is 1. The smallest absolute Gasteiger partial charge is 0.137 e. The largest absolute Gasteiger partial charge is 0.381 e. The molecule has 54 valence electrons. The summed E-state index contributed by atoms with van der Waals surface area (Å²) in [6.07, 6.45) is 2.60. The Hall–Kier alpha value is -0.900. The van der Waals surface area contributed by atoms with Crippen molar-refractivity contribution in [2.45, 2.75) is 12.3 Å². The molecule has 1 aliphatic heterocycles. The summed E-state index contributed by atoms with van der Waals surface area (Å²) >= 11 is 0. The molecule has 1 aliphatic rings. The third-order valence-electron chi connectivity index (χ3n) is 1.75. The Balaban J connectivity index is 2.12. The molecule has 2 heterocycles. The van der Waals surface area contributed by atoms with E-state index in [2.05, 4.69) is 15.2 Å². The van der Waals surface area contributed by atoms with Gasteiger partial charge in [-0.25, -0.2) is 4.98 Å². The van der Waals surface area contributed by atoms with E-state index in [0.29, 0.717) is 5.92 Å². The SMILES string of the molecule is c1n[nH]c(C2CCOC2)n1. The van der Waals surface area contributed by atoms with Crippen LogP contribution >= 0.6 is 0 Å². The fourth-order valence-corrected chi connectivity index (χ4v) is 1.16. The normalized spacial score (nSPS) is 25.4. The van der Waals surface area contributed by atoms with E-state index >= 15 is 0 Å². The van der Waals surface area contributed by atoms with Crippen LogP contribution in [0.1, 0.15) is 18.2 Å². The summed E-state index contributed by atoms with van der Waals surface area (Å²) in [7, 11) is 0. The van der Waals surface area contributed by atoms with Crippen molar-refractivity contribution in [3.63, 3.8) is 0 Å². The van der Waals surface area contributed by atoms with Gasteiger partial charge in [-0.15, -0.1) is 0 Å². The van der Waals surface area contributed by atoms with Crippen LogP contribution in [0.3, 0.4) is 0 Å². The number of nitrogens with one attached hydrogen (secondary N) is 1. The first-order chi connectivity index (χ1) is 4.97. The lowest BCUT2D eigenvalue weighted by Gasteiger charge is -1.99. The quantitative estimate of drug-likeness (QED) is 0.609. The fraction of sp³-hybridized carbons (Fsp3) is 0.667. The molecule has 1 aromatic heterocycles. The number of hydrogen-bond acceptors (Lipinski definition) is 3. The topological polar surface area (TPSA) is 50.8 Å². The van der Waals surface area contributed by atoms with Gasteiger partial charge in [0.25, 0.3) is 0 Å². The highest BCUT2D eigenvalue weighted by Gasteiger charge is 2.19. The maximum absolute atomic E-state index is 5.19. The van der Waals surface area contributed by atoms with Crippen LogP contribution in [-0.4, -0.2) is 28.4 Å². The number of hydrogen-bond donors (Lipinski definition) is 1. The van der Waals surface area contributed by atoms with E-state index in [-0.39, 0.29) is 0 Å².